The third kappa shape index (κ3) is 4.90. The molecular formula is C29H33ClN2O. The summed E-state index contributed by atoms with van der Waals surface area (Å²) in [4.78, 5) is 2.02. The van der Waals surface area contributed by atoms with E-state index in [1.54, 1.807) is 0 Å². The normalized spacial score (nSPS) is 21.0. The quantitative estimate of drug-likeness (QED) is 0.375. The molecule has 1 aliphatic heterocycles. The molecule has 1 heterocycles. The molecule has 3 aromatic rings. The van der Waals surface area contributed by atoms with Gasteiger partial charge in [0, 0.05) is 22.9 Å². The first-order valence-corrected chi connectivity index (χ1v) is 12.7. The molecule has 0 saturated heterocycles. The Kier molecular flexibility index (Phi) is 6.62. The summed E-state index contributed by atoms with van der Waals surface area (Å²) in [6.07, 6.45) is 6.90. The second-order valence-electron chi connectivity index (χ2n) is 9.56. The number of benzene rings is 3. The maximum atomic E-state index is 10.8. The van der Waals surface area contributed by atoms with Gasteiger partial charge in [-0.2, -0.15) is 0 Å². The minimum absolute atomic E-state index is 0.686. The number of nitrogens with one attached hydrogen (secondary N) is 1. The molecule has 1 unspecified atom stereocenters. The first-order chi connectivity index (χ1) is 16.1. The molecule has 0 amide bonds. The molecule has 0 radical (unpaired) electrons. The Morgan fingerprint density at radius 1 is 0.939 bits per heavy atom. The molecule has 3 aromatic carbocycles. The number of anilines is 2. The predicted molar refractivity (Wildman–Crippen MR) is 139 cm³/mol. The smallest absolute Gasteiger partial charge is 0.205 e. The SMILES string of the molecule is CCC1CCC(c2ccc(-c3ccc4c(c3)CCN4C(O)Nc3ccc(Cl)cc3)cc2)CC1. The van der Waals surface area contributed by atoms with Crippen molar-refractivity contribution >= 4 is 23.0 Å². The third-order valence-corrected chi connectivity index (χ3v) is 7.84. The average molecular weight is 461 g/mol. The van der Waals surface area contributed by atoms with Crippen LogP contribution in [0.3, 0.4) is 0 Å². The second-order valence-corrected chi connectivity index (χ2v) is 10.00. The number of aliphatic hydroxyl groups is 1. The lowest BCUT2D eigenvalue weighted by molar-refractivity contribution is 0.199. The van der Waals surface area contributed by atoms with Gasteiger partial charge in [-0.1, -0.05) is 55.3 Å². The van der Waals surface area contributed by atoms with Crippen LogP contribution in [0.2, 0.25) is 5.02 Å². The van der Waals surface area contributed by atoms with E-state index in [0.29, 0.717) is 5.02 Å². The van der Waals surface area contributed by atoms with Crippen molar-refractivity contribution in [2.24, 2.45) is 5.92 Å². The van der Waals surface area contributed by atoms with E-state index in [1.807, 2.05) is 29.2 Å². The lowest BCUT2D eigenvalue weighted by atomic mass is 9.77. The van der Waals surface area contributed by atoms with E-state index in [0.717, 1.165) is 36.2 Å². The summed E-state index contributed by atoms with van der Waals surface area (Å²) in [5, 5.41) is 14.6. The maximum Gasteiger partial charge on any atom is 0.205 e. The van der Waals surface area contributed by atoms with E-state index in [9.17, 15) is 5.11 Å². The van der Waals surface area contributed by atoms with E-state index in [4.69, 9.17) is 11.6 Å². The van der Waals surface area contributed by atoms with Crippen LogP contribution in [0.5, 0.6) is 0 Å². The van der Waals surface area contributed by atoms with Crippen LogP contribution in [0, 0.1) is 5.92 Å². The zero-order chi connectivity index (χ0) is 22.8. The molecular weight excluding hydrogens is 428 g/mol. The van der Waals surface area contributed by atoms with Crippen LogP contribution in [0.25, 0.3) is 11.1 Å². The van der Waals surface area contributed by atoms with Crippen molar-refractivity contribution in [1.82, 2.24) is 0 Å². The molecule has 1 saturated carbocycles. The number of aliphatic hydroxyl groups excluding tert-OH is 1. The first-order valence-electron chi connectivity index (χ1n) is 12.3. The van der Waals surface area contributed by atoms with Gasteiger partial charge in [0.05, 0.1) is 0 Å². The van der Waals surface area contributed by atoms with Gasteiger partial charge in [0.1, 0.15) is 0 Å². The Morgan fingerprint density at radius 2 is 1.64 bits per heavy atom. The first kappa shape index (κ1) is 22.3. The van der Waals surface area contributed by atoms with E-state index in [1.165, 1.54) is 54.4 Å². The highest BCUT2D eigenvalue weighted by Gasteiger charge is 2.25. The topological polar surface area (TPSA) is 35.5 Å². The molecule has 1 aliphatic carbocycles. The molecule has 172 valence electrons. The highest BCUT2D eigenvalue weighted by atomic mass is 35.5. The molecule has 5 rings (SSSR count). The van der Waals surface area contributed by atoms with Crippen molar-refractivity contribution < 1.29 is 5.11 Å². The third-order valence-electron chi connectivity index (χ3n) is 7.59. The number of hydrogen-bond acceptors (Lipinski definition) is 3. The van der Waals surface area contributed by atoms with E-state index >= 15 is 0 Å². The van der Waals surface area contributed by atoms with E-state index in [2.05, 4.69) is 54.7 Å². The van der Waals surface area contributed by atoms with Crippen LogP contribution in [0.4, 0.5) is 11.4 Å². The van der Waals surface area contributed by atoms with Crippen LogP contribution in [0.1, 0.15) is 56.1 Å². The molecule has 3 nitrogen and oxygen atoms in total. The van der Waals surface area contributed by atoms with Gasteiger partial charge < -0.3 is 15.3 Å². The van der Waals surface area contributed by atoms with Crippen LogP contribution in [-0.2, 0) is 6.42 Å². The van der Waals surface area contributed by atoms with Gasteiger partial charge in [-0.3, -0.25) is 0 Å². The number of hydrogen-bond donors (Lipinski definition) is 2. The minimum Gasteiger partial charge on any atom is -0.356 e. The lowest BCUT2D eigenvalue weighted by Gasteiger charge is -2.28. The summed E-state index contributed by atoms with van der Waals surface area (Å²) in [5.41, 5.74) is 7.24. The molecule has 0 spiro atoms. The standard InChI is InChI=1S/C29H33ClN2O/c1-2-20-3-5-21(6-4-20)22-7-9-23(10-8-22)24-11-16-28-25(19-24)17-18-32(28)29(33)31-27-14-12-26(30)13-15-27/h7-16,19-21,29,31,33H,2-6,17-18H2,1H3. The molecule has 33 heavy (non-hydrogen) atoms. The zero-order valence-corrected chi connectivity index (χ0v) is 20.1. The fraction of sp³-hybridized carbons (Fsp3) is 0.379. The fourth-order valence-electron chi connectivity index (χ4n) is 5.49. The Hall–Kier alpha value is -2.49. The summed E-state index contributed by atoms with van der Waals surface area (Å²) in [5.74, 6) is 1.66. The van der Waals surface area contributed by atoms with Gasteiger partial charge in [0.25, 0.3) is 0 Å². The van der Waals surface area contributed by atoms with Gasteiger partial charge >= 0.3 is 0 Å². The van der Waals surface area contributed by atoms with Crippen molar-refractivity contribution in [3.05, 3.63) is 82.9 Å². The van der Waals surface area contributed by atoms with Crippen molar-refractivity contribution in [3.63, 3.8) is 0 Å². The number of halogens is 1. The molecule has 0 bridgehead atoms. The predicted octanol–water partition coefficient (Wildman–Crippen LogP) is 7.44. The van der Waals surface area contributed by atoms with Crippen molar-refractivity contribution in [3.8, 4) is 11.1 Å². The number of nitrogens with zero attached hydrogens (tertiary/aromatic N) is 1. The monoisotopic (exact) mass is 460 g/mol. The molecule has 4 heteroatoms. The fourth-order valence-corrected chi connectivity index (χ4v) is 5.61. The van der Waals surface area contributed by atoms with Crippen molar-refractivity contribution in [2.45, 2.75) is 57.7 Å². The number of fused-ring (bicyclic) bond motifs is 1. The minimum atomic E-state index is -0.777. The van der Waals surface area contributed by atoms with Crippen LogP contribution in [-0.4, -0.2) is 18.0 Å². The lowest BCUT2D eigenvalue weighted by Crippen LogP contribution is -2.39. The highest BCUT2D eigenvalue weighted by Crippen LogP contribution is 2.38. The number of rotatable bonds is 6. The van der Waals surface area contributed by atoms with Gasteiger partial charge in [0.15, 0.2) is 0 Å². The maximum absolute atomic E-state index is 10.8. The summed E-state index contributed by atoms with van der Waals surface area (Å²) in [6, 6.07) is 23.3. The van der Waals surface area contributed by atoms with Crippen LogP contribution >= 0.6 is 11.6 Å². The summed E-state index contributed by atoms with van der Waals surface area (Å²) < 4.78 is 0. The Labute approximate surface area is 202 Å². The highest BCUT2D eigenvalue weighted by molar-refractivity contribution is 6.30. The van der Waals surface area contributed by atoms with Gasteiger partial charge in [-0.25, -0.2) is 0 Å². The molecule has 2 N–H and O–H groups in total. The van der Waals surface area contributed by atoms with Crippen molar-refractivity contribution in [1.29, 1.82) is 0 Å². The largest absolute Gasteiger partial charge is 0.356 e. The zero-order valence-electron chi connectivity index (χ0n) is 19.3. The summed E-state index contributed by atoms with van der Waals surface area (Å²) in [7, 11) is 0. The van der Waals surface area contributed by atoms with E-state index < -0.39 is 6.35 Å². The Morgan fingerprint density at radius 3 is 2.33 bits per heavy atom. The van der Waals surface area contributed by atoms with Crippen LogP contribution in [0.15, 0.2) is 66.7 Å². The van der Waals surface area contributed by atoms with Gasteiger partial charge in [0.2, 0.25) is 6.35 Å². The molecule has 1 atom stereocenters. The second kappa shape index (κ2) is 9.79. The Balaban J connectivity index is 1.26. The van der Waals surface area contributed by atoms with E-state index in [-0.39, 0.29) is 0 Å². The summed E-state index contributed by atoms with van der Waals surface area (Å²) >= 11 is 5.97. The Bertz CT molecular complexity index is 1070. The molecule has 2 aliphatic rings. The van der Waals surface area contributed by atoms with Gasteiger partial charge in [-0.15, -0.1) is 0 Å². The summed E-state index contributed by atoms with van der Waals surface area (Å²) in [6.45, 7) is 3.12. The molecule has 1 fully saturated rings. The molecule has 0 aromatic heterocycles. The van der Waals surface area contributed by atoms with Crippen molar-refractivity contribution in [2.75, 3.05) is 16.8 Å². The average Bonchev–Trinajstić information content (AvgIpc) is 3.29. The van der Waals surface area contributed by atoms with Crippen LogP contribution < -0.4 is 10.2 Å². The van der Waals surface area contributed by atoms with Gasteiger partial charge in [-0.05, 0) is 103 Å².